The van der Waals surface area contributed by atoms with Gasteiger partial charge in [0, 0.05) is 32.7 Å². The van der Waals surface area contributed by atoms with Gasteiger partial charge in [0.15, 0.2) is 11.4 Å². The van der Waals surface area contributed by atoms with Crippen LogP contribution >= 0.6 is 0 Å². The van der Waals surface area contributed by atoms with Crippen LogP contribution in [0, 0.1) is 0 Å². The van der Waals surface area contributed by atoms with Crippen molar-refractivity contribution in [3.05, 3.63) is 17.7 Å². The number of nitrogens with zero attached hydrogens (tertiary/aromatic N) is 3. The molecule has 0 radical (unpaired) electrons. The number of hydrogen-bond donors (Lipinski definition) is 3. The number of aromatic carboxylic acids is 1. The van der Waals surface area contributed by atoms with Crippen molar-refractivity contribution in [2.45, 2.75) is 19.4 Å². The molecule has 0 atom stereocenters. The Hall–Kier alpha value is -1.93. The van der Waals surface area contributed by atoms with Crippen LogP contribution in [-0.2, 0) is 0 Å². The van der Waals surface area contributed by atoms with Crippen LogP contribution in [0.3, 0.4) is 0 Å². The molecular formula is C13H20N4O4. The van der Waals surface area contributed by atoms with Crippen molar-refractivity contribution in [2.24, 2.45) is 0 Å². The molecule has 8 heteroatoms. The number of carbonyl (C=O) groups excluding carboxylic acids is 1. The average molecular weight is 296 g/mol. The molecule has 0 aromatic carbocycles. The van der Waals surface area contributed by atoms with Crippen LogP contribution in [0.1, 0.15) is 34.8 Å². The number of aliphatic hydroxyl groups is 1. The quantitative estimate of drug-likeness (QED) is 0.700. The van der Waals surface area contributed by atoms with Crippen molar-refractivity contribution in [3.63, 3.8) is 0 Å². The standard InChI is InChI=1S/C13H20N4O4/c1-13(2,21)7-16-3-5-17(6-4-16)11(18)9-10(12(19)20)15-8-14-9/h8,21H,3-7H2,1-2H3,(H,14,15)(H,19,20). The fourth-order valence-corrected chi connectivity index (χ4v) is 2.43. The molecule has 1 aliphatic rings. The third-order valence-electron chi connectivity index (χ3n) is 3.33. The molecule has 0 bridgehead atoms. The number of rotatable bonds is 4. The number of H-pyrrole nitrogens is 1. The number of nitrogens with one attached hydrogen (secondary N) is 1. The maximum atomic E-state index is 12.3. The zero-order chi connectivity index (χ0) is 15.6. The van der Waals surface area contributed by atoms with Gasteiger partial charge in [-0.2, -0.15) is 0 Å². The number of piperazine rings is 1. The minimum atomic E-state index is -1.20. The molecule has 1 amide bonds. The highest BCUT2D eigenvalue weighted by atomic mass is 16.4. The summed E-state index contributed by atoms with van der Waals surface area (Å²) in [5.74, 6) is -1.58. The first-order chi connectivity index (χ1) is 9.78. The topological polar surface area (TPSA) is 110 Å². The van der Waals surface area contributed by atoms with Crippen LogP contribution in [-0.4, -0.2) is 80.2 Å². The summed E-state index contributed by atoms with van der Waals surface area (Å²) >= 11 is 0. The molecule has 0 aliphatic carbocycles. The van der Waals surface area contributed by atoms with Crippen LogP contribution in [0.25, 0.3) is 0 Å². The van der Waals surface area contributed by atoms with Gasteiger partial charge in [-0.05, 0) is 13.8 Å². The average Bonchev–Trinajstić information content (AvgIpc) is 2.86. The van der Waals surface area contributed by atoms with Crippen LogP contribution < -0.4 is 0 Å². The van der Waals surface area contributed by atoms with Crippen LogP contribution in [0.4, 0.5) is 0 Å². The van der Waals surface area contributed by atoms with E-state index in [9.17, 15) is 14.7 Å². The number of carbonyl (C=O) groups is 2. The first-order valence-electron chi connectivity index (χ1n) is 6.78. The molecule has 8 nitrogen and oxygen atoms in total. The van der Waals surface area contributed by atoms with E-state index in [0.29, 0.717) is 32.7 Å². The number of aromatic amines is 1. The summed E-state index contributed by atoms with van der Waals surface area (Å²) in [6.45, 7) is 6.28. The maximum Gasteiger partial charge on any atom is 0.354 e. The van der Waals surface area contributed by atoms with Gasteiger partial charge in [0.2, 0.25) is 0 Å². The Bertz CT molecular complexity index is 527. The fourth-order valence-electron chi connectivity index (χ4n) is 2.43. The minimum Gasteiger partial charge on any atom is -0.477 e. The molecule has 1 aromatic rings. The molecule has 0 spiro atoms. The SMILES string of the molecule is CC(C)(O)CN1CCN(C(=O)c2nc[nH]c2C(=O)O)CC1. The molecule has 1 aromatic heterocycles. The lowest BCUT2D eigenvalue weighted by Gasteiger charge is -2.37. The lowest BCUT2D eigenvalue weighted by Crippen LogP contribution is -2.52. The Kier molecular flexibility index (Phi) is 4.29. The summed E-state index contributed by atoms with van der Waals surface area (Å²) in [5.41, 5.74) is -1.01. The zero-order valence-corrected chi connectivity index (χ0v) is 12.2. The van der Waals surface area contributed by atoms with E-state index in [1.165, 1.54) is 6.33 Å². The highest BCUT2D eigenvalue weighted by molar-refractivity contribution is 6.02. The molecule has 0 unspecified atom stereocenters. The number of carboxylic acid groups (broad SMARTS) is 1. The van der Waals surface area contributed by atoms with E-state index in [0.717, 1.165) is 0 Å². The highest BCUT2D eigenvalue weighted by Crippen LogP contribution is 2.12. The van der Waals surface area contributed by atoms with E-state index < -0.39 is 11.6 Å². The van der Waals surface area contributed by atoms with Crippen LogP contribution in [0.5, 0.6) is 0 Å². The number of hydrogen-bond acceptors (Lipinski definition) is 5. The van der Waals surface area contributed by atoms with Gasteiger partial charge in [0.05, 0.1) is 11.9 Å². The van der Waals surface area contributed by atoms with Gasteiger partial charge in [-0.1, -0.05) is 0 Å². The molecule has 1 fully saturated rings. The van der Waals surface area contributed by atoms with Gasteiger partial charge in [0.25, 0.3) is 5.91 Å². The summed E-state index contributed by atoms with van der Waals surface area (Å²) in [7, 11) is 0. The lowest BCUT2D eigenvalue weighted by molar-refractivity contribution is 0.0176. The molecule has 1 aliphatic heterocycles. The fraction of sp³-hybridized carbons (Fsp3) is 0.615. The van der Waals surface area contributed by atoms with E-state index >= 15 is 0 Å². The molecule has 1 saturated heterocycles. The number of carboxylic acids is 1. The van der Waals surface area contributed by atoms with Crippen LogP contribution in [0.15, 0.2) is 6.33 Å². The lowest BCUT2D eigenvalue weighted by atomic mass is 10.1. The van der Waals surface area contributed by atoms with Gasteiger partial charge >= 0.3 is 5.97 Å². The van der Waals surface area contributed by atoms with Crippen molar-refractivity contribution in [3.8, 4) is 0 Å². The van der Waals surface area contributed by atoms with E-state index in [1.807, 2.05) is 0 Å². The van der Waals surface area contributed by atoms with Gasteiger partial charge in [0.1, 0.15) is 0 Å². The molecule has 21 heavy (non-hydrogen) atoms. The van der Waals surface area contributed by atoms with Gasteiger partial charge in [-0.25, -0.2) is 9.78 Å². The zero-order valence-electron chi connectivity index (χ0n) is 12.2. The Morgan fingerprint density at radius 1 is 1.33 bits per heavy atom. The highest BCUT2D eigenvalue weighted by Gasteiger charge is 2.28. The minimum absolute atomic E-state index is 0.0570. The first kappa shape index (κ1) is 15.5. The van der Waals surface area contributed by atoms with Gasteiger partial charge in [-0.3, -0.25) is 9.69 Å². The molecule has 3 N–H and O–H groups in total. The number of amides is 1. The molecular weight excluding hydrogens is 276 g/mol. The Balaban J connectivity index is 1.97. The monoisotopic (exact) mass is 296 g/mol. The first-order valence-corrected chi connectivity index (χ1v) is 6.78. The predicted molar refractivity (Wildman–Crippen MR) is 74.2 cm³/mol. The Morgan fingerprint density at radius 3 is 2.48 bits per heavy atom. The summed E-state index contributed by atoms with van der Waals surface area (Å²) in [5, 5.41) is 18.8. The summed E-state index contributed by atoms with van der Waals surface area (Å²) < 4.78 is 0. The predicted octanol–water partition coefficient (Wildman–Crippen LogP) is -0.363. The van der Waals surface area contributed by atoms with E-state index in [-0.39, 0.29) is 17.3 Å². The summed E-state index contributed by atoms with van der Waals surface area (Å²) in [6.07, 6.45) is 1.21. The van der Waals surface area contributed by atoms with Crippen molar-refractivity contribution in [1.29, 1.82) is 0 Å². The maximum absolute atomic E-state index is 12.3. The summed E-state index contributed by atoms with van der Waals surface area (Å²) in [4.78, 5) is 33.2. The Labute approximate surface area is 122 Å². The Morgan fingerprint density at radius 2 is 1.95 bits per heavy atom. The molecule has 116 valence electrons. The van der Waals surface area contributed by atoms with Gasteiger partial charge in [-0.15, -0.1) is 0 Å². The molecule has 2 heterocycles. The normalized spacial score (nSPS) is 17.0. The smallest absolute Gasteiger partial charge is 0.354 e. The third-order valence-corrected chi connectivity index (χ3v) is 3.33. The number of β-amino-alcohol motifs (C(OH)–C–C–N with tert-alkyl or cyclic N) is 1. The van der Waals surface area contributed by atoms with Crippen molar-refractivity contribution in [2.75, 3.05) is 32.7 Å². The van der Waals surface area contributed by atoms with E-state index in [2.05, 4.69) is 14.9 Å². The second kappa shape index (κ2) is 5.82. The van der Waals surface area contributed by atoms with Crippen molar-refractivity contribution in [1.82, 2.24) is 19.8 Å². The number of aromatic nitrogens is 2. The van der Waals surface area contributed by atoms with Crippen LogP contribution in [0.2, 0.25) is 0 Å². The largest absolute Gasteiger partial charge is 0.477 e. The van der Waals surface area contributed by atoms with Crippen molar-refractivity contribution < 1.29 is 19.8 Å². The summed E-state index contributed by atoms with van der Waals surface area (Å²) in [6, 6.07) is 0. The second-order valence-electron chi connectivity index (χ2n) is 5.81. The second-order valence-corrected chi connectivity index (χ2v) is 5.81. The molecule has 0 saturated carbocycles. The van der Waals surface area contributed by atoms with E-state index in [1.54, 1.807) is 18.7 Å². The van der Waals surface area contributed by atoms with Gasteiger partial charge < -0.3 is 20.1 Å². The molecule has 2 rings (SSSR count). The third kappa shape index (κ3) is 3.79. The number of imidazole rings is 1. The van der Waals surface area contributed by atoms with E-state index in [4.69, 9.17) is 5.11 Å². The van der Waals surface area contributed by atoms with Crippen molar-refractivity contribution >= 4 is 11.9 Å².